The Morgan fingerprint density at radius 2 is 2.00 bits per heavy atom. The highest BCUT2D eigenvalue weighted by Gasteiger charge is 2.31. The Labute approximate surface area is 167 Å². The minimum absolute atomic E-state index is 0.145. The van der Waals surface area contributed by atoms with Gasteiger partial charge in [0.25, 0.3) is 10.0 Å². The van der Waals surface area contributed by atoms with E-state index in [1.165, 1.54) is 22.6 Å². The molecule has 1 N–H and O–H groups in total. The highest BCUT2D eigenvalue weighted by atomic mass is 32.2. The topological polar surface area (TPSA) is 79.6 Å². The van der Waals surface area contributed by atoms with Gasteiger partial charge in [-0.3, -0.25) is 4.79 Å². The van der Waals surface area contributed by atoms with E-state index in [0.29, 0.717) is 25.3 Å². The Morgan fingerprint density at radius 3 is 2.75 bits per heavy atom. The van der Waals surface area contributed by atoms with Crippen molar-refractivity contribution in [2.75, 3.05) is 6.54 Å². The van der Waals surface area contributed by atoms with Crippen molar-refractivity contribution >= 4 is 27.3 Å². The average molecular weight is 417 g/mol. The second kappa shape index (κ2) is 7.54. The summed E-state index contributed by atoms with van der Waals surface area (Å²) in [7, 11) is -3.60. The van der Waals surface area contributed by atoms with Gasteiger partial charge in [-0.1, -0.05) is 30.3 Å². The Hall–Kier alpha value is -2.42. The van der Waals surface area contributed by atoms with Crippen LogP contribution >= 0.6 is 11.3 Å². The second-order valence-electron chi connectivity index (χ2n) is 6.64. The summed E-state index contributed by atoms with van der Waals surface area (Å²) in [5.41, 5.74) is 2.04. The molecule has 0 saturated heterocycles. The number of thiophene rings is 1. The van der Waals surface area contributed by atoms with Crippen molar-refractivity contribution in [3.05, 3.63) is 64.7 Å². The molecule has 0 unspecified atom stereocenters. The molecule has 146 valence electrons. The third kappa shape index (κ3) is 3.76. The van der Waals surface area contributed by atoms with Crippen LogP contribution in [-0.4, -0.2) is 25.2 Å². The van der Waals surface area contributed by atoms with Crippen LogP contribution in [0.3, 0.4) is 0 Å². The molecule has 0 aliphatic carbocycles. The van der Waals surface area contributed by atoms with Crippen molar-refractivity contribution in [3.8, 4) is 11.3 Å². The summed E-state index contributed by atoms with van der Waals surface area (Å²) in [5.74, 6) is 1.32. The first-order valence-electron chi connectivity index (χ1n) is 8.94. The van der Waals surface area contributed by atoms with Crippen molar-refractivity contribution in [3.63, 3.8) is 0 Å². The van der Waals surface area contributed by atoms with Gasteiger partial charge in [0.05, 0.1) is 13.1 Å². The number of carbonyl (C=O) groups excluding carboxylic acids is 1. The number of furan rings is 1. The zero-order chi connectivity index (χ0) is 19.7. The Balaban J connectivity index is 1.53. The lowest BCUT2D eigenvalue weighted by Crippen LogP contribution is -2.35. The third-order valence-electron chi connectivity index (χ3n) is 4.65. The van der Waals surface area contributed by atoms with E-state index < -0.39 is 10.0 Å². The van der Waals surface area contributed by atoms with Gasteiger partial charge < -0.3 is 9.73 Å². The van der Waals surface area contributed by atoms with Gasteiger partial charge in [0.2, 0.25) is 5.91 Å². The van der Waals surface area contributed by atoms with Gasteiger partial charge >= 0.3 is 0 Å². The van der Waals surface area contributed by atoms with E-state index in [9.17, 15) is 13.2 Å². The van der Waals surface area contributed by atoms with Gasteiger partial charge in [0.1, 0.15) is 15.7 Å². The largest absolute Gasteiger partial charge is 0.459 e. The van der Waals surface area contributed by atoms with E-state index >= 15 is 0 Å². The molecule has 3 heterocycles. The summed E-state index contributed by atoms with van der Waals surface area (Å²) in [6.45, 7) is 2.41. The lowest BCUT2D eigenvalue weighted by Gasteiger charge is -2.24. The van der Waals surface area contributed by atoms with Crippen molar-refractivity contribution in [2.45, 2.75) is 30.6 Å². The molecule has 1 aromatic carbocycles. The second-order valence-corrected chi connectivity index (χ2v) is 9.98. The van der Waals surface area contributed by atoms with Crippen molar-refractivity contribution < 1.29 is 17.6 Å². The molecule has 2 aromatic heterocycles. The number of rotatable bonds is 5. The molecule has 1 aliphatic heterocycles. The van der Waals surface area contributed by atoms with Crippen LogP contribution in [0.4, 0.5) is 0 Å². The highest BCUT2D eigenvalue weighted by Crippen LogP contribution is 2.33. The summed E-state index contributed by atoms with van der Waals surface area (Å²) in [6, 6.07) is 15.1. The van der Waals surface area contributed by atoms with Crippen LogP contribution in [0.1, 0.15) is 23.1 Å². The van der Waals surface area contributed by atoms with E-state index in [1.807, 2.05) is 36.4 Å². The average Bonchev–Trinajstić information content (AvgIpc) is 3.34. The van der Waals surface area contributed by atoms with Crippen LogP contribution in [0.5, 0.6) is 0 Å². The van der Waals surface area contributed by atoms with Gasteiger partial charge in [-0.05, 0) is 30.2 Å². The number of benzene rings is 1. The van der Waals surface area contributed by atoms with Gasteiger partial charge in [0.15, 0.2) is 0 Å². The Kier molecular flexibility index (Phi) is 5.09. The smallest absolute Gasteiger partial charge is 0.252 e. The Bertz CT molecular complexity index is 1100. The maximum atomic E-state index is 13.0. The van der Waals surface area contributed by atoms with Crippen LogP contribution in [-0.2, 0) is 34.3 Å². The SMILES string of the molecule is CC(=O)NCc1ccc(S(=O)(=O)N2CCc3cc(-c4ccccc4)oc3C2)s1. The maximum Gasteiger partial charge on any atom is 0.252 e. The first kappa shape index (κ1) is 18.9. The number of sulfonamides is 1. The molecular weight excluding hydrogens is 396 g/mol. The lowest BCUT2D eigenvalue weighted by atomic mass is 10.1. The fourth-order valence-electron chi connectivity index (χ4n) is 3.18. The highest BCUT2D eigenvalue weighted by molar-refractivity contribution is 7.91. The van der Waals surface area contributed by atoms with E-state index in [2.05, 4.69) is 5.32 Å². The van der Waals surface area contributed by atoms with Crippen LogP contribution in [0.25, 0.3) is 11.3 Å². The van der Waals surface area contributed by atoms with E-state index in [0.717, 1.165) is 21.8 Å². The first-order chi connectivity index (χ1) is 13.4. The number of carbonyl (C=O) groups is 1. The van der Waals surface area contributed by atoms with Crippen molar-refractivity contribution in [2.24, 2.45) is 0 Å². The van der Waals surface area contributed by atoms with Crippen LogP contribution in [0, 0.1) is 0 Å². The first-order valence-corrected chi connectivity index (χ1v) is 11.2. The third-order valence-corrected chi connectivity index (χ3v) is 8.05. The molecule has 8 heteroatoms. The summed E-state index contributed by atoms with van der Waals surface area (Å²) < 4.78 is 33.8. The quantitative estimate of drug-likeness (QED) is 0.691. The molecule has 0 radical (unpaired) electrons. The number of fused-ring (bicyclic) bond motifs is 1. The van der Waals surface area contributed by atoms with Crippen LogP contribution in [0.2, 0.25) is 0 Å². The standard InChI is InChI=1S/C20H20N2O4S2/c1-14(23)21-12-17-7-8-20(27-17)28(24,25)22-10-9-16-11-18(26-19(16)13-22)15-5-3-2-4-6-15/h2-8,11H,9-10,12-13H2,1H3,(H,21,23). The van der Waals surface area contributed by atoms with Crippen LogP contribution in [0.15, 0.2) is 57.2 Å². The van der Waals surface area contributed by atoms with Crippen molar-refractivity contribution in [1.82, 2.24) is 9.62 Å². The summed E-state index contributed by atoms with van der Waals surface area (Å²) >= 11 is 1.18. The lowest BCUT2D eigenvalue weighted by molar-refractivity contribution is -0.119. The predicted octanol–water partition coefficient (Wildman–Crippen LogP) is 3.39. The molecule has 1 amide bonds. The van der Waals surface area contributed by atoms with E-state index in [-0.39, 0.29) is 16.7 Å². The van der Waals surface area contributed by atoms with Crippen LogP contribution < -0.4 is 5.32 Å². The number of hydrogen-bond acceptors (Lipinski definition) is 5. The molecule has 0 saturated carbocycles. The van der Waals surface area contributed by atoms with E-state index in [1.54, 1.807) is 12.1 Å². The minimum Gasteiger partial charge on any atom is -0.459 e. The van der Waals surface area contributed by atoms with Gasteiger partial charge in [-0.2, -0.15) is 4.31 Å². The molecule has 0 spiro atoms. The number of nitrogens with one attached hydrogen (secondary N) is 1. The zero-order valence-corrected chi connectivity index (χ0v) is 17.0. The van der Waals surface area contributed by atoms with Crippen molar-refractivity contribution in [1.29, 1.82) is 0 Å². The number of hydrogen-bond donors (Lipinski definition) is 1. The van der Waals surface area contributed by atoms with Gasteiger partial charge in [0, 0.05) is 23.9 Å². The fraction of sp³-hybridized carbons (Fsp3) is 0.250. The summed E-state index contributed by atoms with van der Waals surface area (Å²) in [4.78, 5) is 11.8. The van der Waals surface area contributed by atoms with E-state index in [4.69, 9.17) is 4.42 Å². The molecule has 0 fully saturated rings. The zero-order valence-electron chi connectivity index (χ0n) is 15.3. The molecular formula is C20H20N2O4S2. The number of amides is 1. The summed E-state index contributed by atoms with van der Waals surface area (Å²) in [5, 5.41) is 2.69. The Morgan fingerprint density at radius 1 is 1.21 bits per heavy atom. The maximum absolute atomic E-state index is 13.0. The fourth-order valence-corrected chi connectivity index (χ4v) is 6.02. The molecule has 0 atom stereocenters. The predicted molar refractivity (Wildman–Crippen MR) is 107 cm³/mol. The molecule has 28 heavy (non-hydrogen) atoms. The molecule has 1 aliphatic rings. The number of nitrogens with zero attached hydrogens (tertiary/aromatic N) is 1. The van der Waals surface area contributed by atoms with Gasteiger partial charge in [-0.25, -0.2) is 8.42 Å². The normalized spacial score (nSPS) is 14.6. The monoisotopic (exact) mass is 416 g/mol. The molecule has 4 rings (SSSR count). The minimum atomic E-state index is -3.60. The van der Waals surface area contributed by atoms with Gasteiger partial charge in [-0.15, -0.1) is 11.3 Å². The molecule has 6 nitrogen and oxygen atoms in total. The molecule has 3 aromatic rings. The molecule has 0 bridgehead atoms. The summed E-state index contributed by atoms with van der Waals surface area (Å²) in [6.07, 6.45) is 0.620.